The van der Waals surface area contributed by atoms with Crippen molar-refractivity contribution in [3.05, 3.63) is 48.0 Å². The van der Waals surface area contributed by atoms with Crippen LogP contribution in [0.1, 0.15) is 57.3 Å². The van der Waals surface area contributed by atoms with E-state index in [4.69, 9.17) is 0 Å². The number of anilines is 1. The van der Waals surface area contributed by atoms with Crippen molar-refractivity contribution in [2.24, 2.45) is 0 Å². The number of nitrogens with zero attached hydrogens (tertiary/aromatic N) is 3. The van der Waals surface area contributed by atoms with Crippen molar-refractivity contribution < 1.29 is 4.79 Å². The molecule has 5 nitrogen and oxygen atoms in total. The zero-order valence-corrected chi connectivity index (χ0v) is 16.8. The number of aryl methyl sites for hydroxylation is 2. The van der Waals surface area contributed by atoms with Gasteiger partial charge in [0.05, 0.1) is 0 Å². The van der Waals surface area contributed by atoms with Crippen LogP contribution in [0.5, 0.6) is 0 Å². The first-order valence-electron chi connectivity index (χ1n) is 10.2. The number of hydrogen-bond donors (Lipinski definition) is 1. The van der Waals surface area contributed by atoms with Crippen LogP contribution in [0.2, 0.25) is 0 Å². The normalized spacial score (nSPS) is 17.3. The predicted octanol–water partition coefficient (Wildman–Crippen LogP) is 4.06. The fraction of sp³-hybridized carbons (Fsp3) is 0.545. The molecule has 1 aliphatic heterocycles. The lowest BCUT2D eigenvalue weighted by atomic mass is 10.0. The molecule has 146 valence electrons. The molecule has 1 aromatic heterocycles. The molecule has 0 radical (unpaired) electrons. The Morgan fingerprint density at radius 1 is 1.30 bits per heavy atom. The first kappa shape index (κ1) is 19.5. The highest BCUT2D eigenvalue weighted by molar-refractivity contribution is 5.76. The van der Waals surface area contributed by atoms with Gasteiger partial charge in [0, 0.05) is 56.6 Å². The summed E-state index contributed by atoms with van der Waals surface area (Å²) in [4.78, 5) is 19.0. The highest BCUT2D eigenvalue weighted by Crippen LogP contribution is 2.20. The highest BCUT2D eigenvalue weighted by atomic mass is 16.2. The summed E-state index contributed by atoms with van der Waals surface area (Å²) >= 11 is 0. The summed E-state index contributed by atoms with van der Waals surface area (Å²) < 4.78 is 2.09. The van der Waals surface area contributed by atoms with Crippen molar-refractivity contribution in [3.63, 3.8) is 0 Å². The van der Waals surface area contributed by atoms with Crippen LogP contribution in [-0.4, -0.2) is 39.5 Å². The van der Waals surface area contributed by atoms with E-state index >= 15 is 0 Å². The van der Waals surface area contributed by atoms with E-state index in [0.717, 1.165) is 43.9 Å². The lowest BCUT2D eigenvalue weighted by Crippen LogP contribution is -2.45. The molecule has 1 atom stereocenters. The van der Waals surface area contributed by atoms with Crippen LogP contribution in [0, 0.1) is 0 Å². The topological polar surface area (TPSA) is 50.2 Å². The maximum Gasteiger partial charge on any atom is 0.224 e. The van der Waals surface area contributed by atoms with Gasteiger partial charge in [-0.3, -0.25) is 4.79 Å². The Kier molecular flexibility index (Phi) is 6.54. The molecule has 5 heteroatoms. The number of benzene rings is 1. The van der Waals surface area contributed by atoms with E-state index in [1.54, 1.807) is 0 Å². The Morgan fingerprint density at radius 3 is 2.78 bits per heavy atom. The average Bonchev–Trinajstić information content (AvgIpc) is 3.14. The van der Waals surface area contributed by atoms with Crippen molar-refractivity contribution in [1.29, 1.82) is 0 Å². The van der Waals surface area contributed by atoms with Crippen LogP contribution >= 0.6 is 0 Å². The van der Waals surface area contributed by atoms with Gasteiger partial charge in [0.15, 0.2) is 0 Å². The highest BCUT2D eigenvalue weighted by Gasteiger charge is 2.23. The predicted molar refractivity (Wildman–Crippen MR) is 110 cm³/mol. The molecular weight excluding hydrogens is 336 g/mol. The Morgan fingerprint density at radius 2 is 2.07 bits per heavy atom. The molecular formula is C22H32N4O. The minimum absolute atomic E-state index is 0.243. The van der Waals surface area contributed by atoms with Gasteiger partial charge in [-0.15, -0.1) is 0 Å². The summed E-state index contributed by atoms with van der Waals surface area (Å²) in [5.74, 6) is 1.84. The SMILES string of the molecule is CCc1nccn1CCC(=O)N1CCC[C@H](Nc2ccc(C(C)C)cc2)C1. The number of hydrogen-bond acceptors (Lipinski definition) is 3. The Balaban J connectivity index is 1.51. The fourth-order valence-electron chi connectivity index (χ4n) is 3.75. The van der Waals surface area contributed by atoms with Gasteiger partial charge >= 0.3 is 0 Å². The van der Waals surface area contributed by atoms with E-state index in [1.807, 2.05) is 17.3 Å². The molecule has 2 aromatic rings. The molecule has 1 N–H and O–H groups in total. The molecule has 0 unspecified atom stereocenters. The monoisotopic (exact) mass is 368 g/mol. The quantitative estimate of drug-likeness (QED) is 0.802. The Bertz CT molecular complexity index is 735. The van der Waals surface area contributed by atoms with Crippen LogP contribution in [0.25, 0.3) is 0 Å². The summed E-state index contributed by atoms with van der Waals surface area (Å²) in [5.41, 5.74) is 2.50. The molecule has 1 aliphatic rings. The van der Waals surface area contributed by atoms with Gasteiger partial charge in [-0.1, -0.05) is 32.9 Å². The van der Waals surface area contributed by atoms with Crippen LogP contribution in [-0.2, 0) is 17.8 Å². The number of amides is 1. The third kappa shape index (κ3) is 5.12. The number of aromatic nitrogens is 2. The van der Waals surface area contributed by atoms with Crippen LogP contribution in [0.4, 0.5) is 5.69 Å². The maximum atomic E-state index is 12.7. The molecule has 1 fully saturated rings. The van der Waals surface area contributed by atoms with E-state index < -0.39 is 0 Å². The van der Waals surface area contributed by atoms with Gasteiger partial charge in [-0.2, -0.15) is 0 Å². The zero-order valence-electron chi connectivity index (χ0n) is 16.8. The van der Waals surface area contributed by atoms with Gasteiger partial charge in [0.1, 0.15) is 5.82 Å². The van der Waals surface area contributed by atoms with Crippen LogP contribution in [0.3, 0.4) is 0 Å². The average molecular weight is 369 g/mol. The second kappa shape index (κ2) is 9.07. The van der Waals surface area contributed by atoms with E-state index in [-0.39, 0.29) is 5.91 Å². The lowest BCUT2D eigenvalue weighted by molar-refractivity contribution is -0.132. The molecule has 1 aromatic carbocycles. The van der Waals surface area contributed by atoms with E-state index in [9.17, 15) is 4.79 Å². The lowest BCUT2D eigenvalue weighted by Gasteiger charge is -2.34. The van der Waals surface area contributed by atoms with E-state index in [2.05, 4.69) is 59.9 Å². The number of carbonyl (C=O) groups excluding carboxylic acids is 1. The standard InChI is InChI=1S/C22H32N4O/c1-4-21-23-12-15-25(21)14-11-22(27)26-13-5-6-20(16-26)24-19-9-7-18(8-10-19)17(2)3/h7-10,12,15,17,20,24H,4-6,11,13-14,16H2,1-3H3/t20-/m0/s1. The van der Waals surface area contributed by atoms with Crippen molar-refractivity contribution in [2.75, 3.05) is 18.4 Å². The molecule has 0 saturated carbocycles. The molecule has 27 heavy (non-hydrogen) atoms. The summed E-state index contributed by atoms with van der Waals surface area (Å²) in [6.45, 7) is 8.88. The first-order valence-corrected chi connectivity index (χ1v) is 10.2. The van der Waals surface area contributed by atoms with Crippen molar-refractivity contribution in [1.82, 2.24) is 14.5 Å². The van der Waals surface area contributed by atoms with Gasteiger partial charge in [0.2, 0.25) is 5.91 Å². The van der Waals surface area contributed by atoms with E-state index in [0.29, 0.717) is 24.9 Å². The summed E-state index contributed by atoms with van der Waals surface area (Å²) in [6, 6.07) is 9.01. The molecule has 0 bridgehead atoms. The molecule has 0 spiro atoms. The summed E-state index contributed by atoms with van der Waals surface area (Å²) in [5, 5.41) is 3.61. The molecule has 0 aliphatic carbocycles. The molecule has 2 heterocycles. The number of imidazole rings is 1. The van der Waals surface area contributed by atoms with Gasteiger partial charge < -0.3 is 14.8 Å². The fourth-order valence-corrected chi connectivity index (χ4v) is 3.75. The minimum Gasteiger partial charge on any atom is -0.381 e. The van der Waals surface area contributed by atoms with E-state index in [1.165, 1.54) is 5.56 Å². The van der Waals surface area contributed by atoms with Crippen molar-refractivity contribution >= 4 is 11.6 Å². The smallest absolute Gasteiger partial charge is 0.224 e. The van der Waals surface area contributed by atoms with Crippen molar-refractivity contribution in [2.45, 2.75) is 65.0 Å². The number of likely N-dealkylation sites (tertiary alicyclic amines) is 1. The number of carbonyl (C=O) groups is 1. The first-order chi connectivity index (χ1) is 13.1. The zero-order chi connectivity index (χ0) is 19.2. The van der Waals surface area contributed by atoms with Crippen LogP contribution < -0.4 is 5.32 Å². The van der Waals surface area contributed by atoms with Crippen LogP contribution in [0.15, 0.2) is 36.7 Å². The second-order valence-electron chi connectivity index (χ2n) is 7.74. The summed E-state index contributed by atoms with van der Waals surface area (Å²) in [7, 11) is 0. The number of rotatable bonds is 7. The Hall–Kier alpha value is -2.30. The third-order valence-electron chi connectivity index (χ3n) is 5.41. The third-order valence-corrected chi connectivity index (χ3v) is 5.41. The number of nitrogens with one attached hydrogen (secondary N) is 1. The van der Waals surface area contributed by atoms with Gasteiger partial charge in [-0.25, -0.2) is 4.98 Å². The van der Waals surface area contributed by atoms with Gasteiger partial charge in [0.25, 0.3) is 0 Å². The van der Waals surface area contributed by atoms with Gasteiger partial charge in [-0.05, 0) is 36.5 Å². The maximum absolute atomic E-state index is 12.7. The Labute approximate surface area is 162 Å². The second-order valence-corrected chi connectivity index (χ2v) is 7.74. The molecule has 1 amide bonds. The number of piperidine rings is 1. The molecule has 1 saturated heterocycles. The minimum atomic E-state index is 0.243. The summed E-state index contributed by atoms with van der Waals surface area (Å²) in [6.07, 6.45) is 7.38. The molecule has 3 rings (SSSR count). The van der Waals surface area contributed by atoms with Crippen molar-refractivity contribution in [3.8, 4) is 0 Å². The largest absolute Gasteiger partial charge is 0.381 e.